The predicted molar refractivity (Wildman–Crippen MR) is 94.9 cm³/mol. The van der Waals surface area contributed by atoms with Crippen LogP contribution in [0.1, 0.15) is 25.3 Å². The molecule has 0 saturated carbocycles. The average Bonchev–Trinajstić information content (AvgIpc) is 2.62. The summed E-state index contributed by atoms with van der Waals surface area (Å²) in [5, 5.41) is 9.23. The number of piperidine rings is 1. The summed E-state index contributed by atoms with van der Waals surface area (Å²) in [6.45, 7) is 2.29. The summed E-state index contributed by atoms with van der Waals surface area (Å²) < 4.78 is 0. The van der Waals surface area contributed by atoms with Crippen LogP contribution in [0.3, 0.4) is 0 Å². The van der Waals surface area contributed by atoms with Crippen molar-refractivity contribution in [3.8, 4) is 11.1 Å². The van der Waals surface area contributed by atoms with Crippen molar-refractivity contribution in [1.29, 1.82) is 0 Å². The van der Waals surface area contributed by atoms with Gasteiger partial charge >= 0.3 is 5.97 Å². The molecule has 5 heteroatoms. The van der Waals surface area contributed by atoms with Crippen LogP contribution in [-0.2, 0) is 16.0 Å². The number of likely N-dealkylation sites (tertiary alicyclic amines) is 1. The highest BCUT2D eigenvalue weighted by atomic mass is 16.4. The lowest BCUT2D eigenvalue weighted by atomic mass is 9.93. The van der Waals surface area contributed by atoms with Gasteiger partial charge in [0.05, 0.1) is 12.3 Å². The van der Waals surface area contributed by atoms with Gasteiger partial charge < -0.3 is 10.0 Å². The first-order valence-electron chi connectivity index (χ1n) is 8.56. The molecule has 130 valence electrons. The van der Waals surface area contributed by atoms with Crippen LogP contribution in [0.15, 0.2) is 48.8 Å². The minimum atomic E-state index is -0.815. The molecule has 0 spiro atoms. The van der Waals surface area contributed by atoms with Crippen molar-refractivity contribution >= 4 is 11.9 Å². The van der Waals surface area contributed by atoms with E-state index in [9.17, 15) is 14.7 Å². The smallest absolute Gasteiger partial charge is 0.308 e. The standard InChI is InChI=1S/C20H22N2O3/c1-14-5-6-18(20(24)25)13-22(14)19(23)12-15-3-2-4-17(11-15)16-7-9-21-10-8-16/h2-4,7-11,14,18H,5-6,12-13H2,1H3,(H,24,25)/t14-,18+/m0/s1. The quantitative estimate of drug-likeness (QED) is 0.930. The Labute approximate surface area is 147 Å². The molecule has 0 aliphatic carbocycles. The summed E-state index contributed by atoms with van der Waals surface area (Å²) >= 11 is 0. The first kappa shape index (κ1) is 17.1. The Kier molecular flexibility index (Phi) is 5.12. The fraction of sp³-hybridized carbons (Fsp3) is 0.350. The Balaban J connectivity index is 1.73. The highest BCUT2D eigenvalue weighted by Gasteiger charge is 2.32. The second-order valence-electron chi connectivity index (χ2n) is 6.62. The van der Waals surface area contributed by atoms with Crippen molar-refractivity contribution in [2.45, 2.75) is 32.2 Å². The lowest BCUT2D eigenvalue weighted by Gasteiger charge is -2.36. The van der Waals surface area contributed by atoms with Gasteiger partial charge in [0.1, 0.15) is 0 Å². The van der Waals surface area contributed by atoms with Crippen molar-refractivity contribution in [2.24, 2.45) is 5.92 Å². The third kappa shape index (κ3) is 4.05. The molecule has 1 aliphatic heterocycles. The molecule has 3 rings (SSSR count). The lowest BCUT2D eigenvalue weighted by molar-refractivity contribution is -0.146. The molecule has 0 radical (unpaired) electrons. The van der Waals surface area contributed by atoms with Gasteiger partial charge in [-0.3, -0.25) is 14.6 Å². The topological polar surface area (TPSA) is 70.5 Å². The largest absolute Gasteiger partial charge is 0.481 e. The van der Waals surface area contributed by atoms with Gasteiger partial charge in [0.2, 0.25) is 5.91 Å². The molecule has 0 unspecified atom stereocenters. The third-order valence-corrected chi connectivity index (χ3v) is 4.85. The Morgan fingerprint density at radius 1 is 1.16 bits per heavy atom. The summed E-state index contributed by atoms with van der Waals surface area (Å²) in [7, 11) is 0. The molecule has 1 aromatic carbocycles. The van der Waals surface area contributed by atoms with E-state index in [0.29, 0.717) is 13.0 Å². The maximum Gasteiger partial charge on any atom is 0.308 e. The number of amides is 1. The van der Waals surface area contributed by atoms with E-state index in [1.807, 2.05) is 43.3 Å². The number of carboxylic acids is 1. The van der Waals surface area contributed by atoms with Crippen LogP contribution in [0.2, 0.25) is 0 Å². The highest BCUT2D eigenvalue weighted by molar-refractivity contribution is 5.81. The van der Waals surface area contributed by atoms with E-state index >= 15 is 0 Å². The second-order valence-corrected chi connectivity index (χ2v) is 6.62. The van der Waals surface area contributed by atoms with E-state index < -0.39 is 11.9 Å². The molecule has 2 atom stereocenters. The van der Waals surface area contributed by atoms with E-state index in [-0.39, 0.29) is 18.4 Å². The molecule has 1 saturated heterocycles. The van der Waals surface area contributed by atoms with Crippen LogP contribution in [0, 0.1) is 5.92 Å². The Morgan fingerprint density at radius 2 is 1.92 bits per heavy atom. The van der Waals surface area contributed by atoms with Crippen LogP contribution < -0.4 is 0 Å². The number of carboxylic acid groups (broad SMARTS) is 1. The number of carbonyl (C=O) groups is 2. The molecule has 1 aliphatic rings. The summed E-state index contributed by atoms with van der Waals surface area (Å²) in [6, 6.07) is 11.9. The van der Waals surface area contributed by atoms with Gasteiger partial charge in [0.25, 0.3) is 0 Å². The molecule has 0 bridgehead atoms. The first-order chi connectivity index (χ1) is 12.0. The summed E-state index contributed by atoms with van der Waals surface area (Å²) in [5.74, 6) is -1.28. The van der Waals surface area contributed by atoms with Crippen molar-refractivity contribution in [1.82, 2.24) is 9.88 Å². The van der Waals surface area contributed by atoms with Crippen molar-refractivity contribution < 1.29 is 14.7 Å². The number of hydrogen-bond donors (Lipinski definition) is 1. The van der Waals surface area contributed by atoms with Crippen LogP contribution in [0.4, 0.5) is 0 Å². The molecule has 2 aromatic rings. The molecule has 1 amide bonds. The van der Waals surface area contributed by atoms with Gasteiger partial charge in [-0.15, -0.1) is 0 Å². The number of nitrogens with zero attached hydrogens (tertiary/aromatic N) is 2. The van der Waals surface area contributed by atoms with E-state index in [1.165, 1.54) is 0 Å². The third-order valence-electron chi connectivity index (χ3n) is 4.85. The molecule has 1 aromatic heterocycles. The first-order valence-corrected chi connectivity index (χ1v) is 8.56. The number of pyridine rings is 1. The van der Waals surface area contributed by atoms with Gasteiger partial charge in [0.15, 0.2) is 0 Å². The van der Waals surface area contributed by atoms with Crippen molar-refractivity contribution in [3.63, 3.8) is 0 Å². The molecule has 2 heterocycles. The zero-order chi connectivity index (χ0) is 17.8. The Bertz CT molecular complexity index is 761. The van der Waals surface area contributed by atoms with Gasteiger partial charge in [-0.05, 0) is 48.6 Å². The zero-order valence-electron chi connectivity index (χ0n) is 14.3. The number of aliphatic carboxylic acids is 1. The summed E-state index contributed by atoms with van der Waals surface area (Å²) in [6.07, 6.45) is 5.15. The SMILES string of the molecule is C[C@H]1CC[C@@H](C(=O)O)CN1C(=O)Cc1cccc(-c2ccncc2)c1. The number of benzene rings is 1. The monoisotopic (exact) mass is 338 g/mol. The van der Waals surface area contributed by atoms with Crippen molar-refractivity contribution in [2.75, 3.05) is 6.54 Å². The van der Waals surface area contributed by atoms with Crippen molar-refractivity contribution in [3.05, 3.63) is 54.4 Å². The normalized spacial score (nSPS) is 20.3. The fourth-order valence-corrected chi connectivity index (χ4v) is 3.34. The Morgan fingerprint density at radius 3 is 2.64 bits per heavy atom. The number of carbonyl (C=O) groups excluding carboxylic acids is 1. The minimum absolute atomic E-state index is 0.00896. The number of aromatic nitrogens is 1. The average molecular weight is 338 g/mol. The van der Waals surface area contributed by atoms with E-state index in [2.05, 4.69) is 4.98 Å². The van der Waals surface area contributed by atoms with Gasteiger partial charge in [-0.25, -0.2) is 0 Å². The molecule has 5 nitrogen and oxygen atoms in total. The summed E-state index contributed by atoms with van der Waals surface area (Å²) in [4.78, 5) is 29.7. The van der Waals surface area contributed by atoms with E-state index in [4.69, 9.17) is 0 Å². The maximum absolute atomic E-state index is 12.7. The molecular weight excluding hydrogens is 316 g/mol. The molecule has 1 fully saturated rings. The molecule has 1 N–H and O–H groups in total. The van der Waals surface area contributed by atoms with Crippen LogP contribution in [0.25, 0.3) is 11.1 Å². The van der Waals surface area contributed by atoms with Crippen LogP contribution in [-0.4, -0.2) is 39.5 Å². The van der Waals surface area contributed by atoms with Crippen LogP contribution in [0.5, 0.6) is 0 Å². The van der Waals surface area contributed by atoms with E-state index in [0.717, 1.165) is 23.1 Å². The molecular formula is C20H22N2O3. The number of rotatable bonds is 4. The fourth-order valence-electron chi connectivity index (χ4n) is 3.34. The minimum Gasteiger partial charge on any atom is -0.481 e. The zero-order valence-corrected chi connectivity index (χ0v) is 14.3. The van der Waals surface area contributed by atoms with Gasteiger partial charge in [0, 0.05) is 25.0 Å². The maximum atomic E-state index is 12.7. The van der Waals surface area contributed by atoms with E-state index in [1.54, 1.807) is 17.3 Å². The second kappa shape index (κ2) is 7.47. The summed E-state index contributed by atoms with van der Waals surface area (Å²) in [5.41, 5.74) is 3.04. The van der Waals surface area contributed by atoms with Gasteiger partial charge in [-0.2, -0.15) is 0 Å². The van der Waals surface area contributed by atoms with Gasteiger partial charge in [-0.1, -0.05) is 24.3 Å². The van der Waals surface area contributed by atoms with Crippen LogP contribution >= 0.6 is 0 Å². The number of hydrogen-bond acceptors (Lipinski definition) is 3. The Hall–Kier alpha value is -2.69. The lowest BCUT2D eigenvalue weighted by Crippen LogP contribution is -2.47. The highest BCUT2D eigenvalue weighted by Crippen LogP contribution is 2.24. The molecule has 25 heavy (non-hydrogen) atoms. The predicted octanol–water partition coefficient (Wildman–Crippen LogP) is 3.00.